The van der Waals surface area contributed by atoms with E-state index in [1.54, 1.807) is 7.11 Å². The predicted octanol–water partition coefficient (Wildman–Crippen LogP) is 6.81. The molecule has 0 fully saturated rings. The molecule has 174 valence electrons. The Morgan fingerprint density at radius 1 is 0.853 bits per heavy atom. The molecule has 0 aliphatic carbocycles. The number of aromatic amines is 1. The first-order chi connectivity index (χ1) is 16.0. The van der Waals surface area contributed by atoms with Gasteiger partial charge in [-0.2, -0.15) is 5.10 Å². The van der Waals surface area contributed by atoms with E-state index < -0.39 is 0 Å². The largest absolute Gasteiger partial charge is 0.497 e. The Kier molecular flexibility index (Phi) is 6.77. The van der Waals surface area contributed by atoms with Crippen LogP contribution < -0.4 is 15.8 Å². The first-order valence-corrected chi connectivity index (χ1v) is 11.2. The Hall–Kier alpha value is -3.54. The molecule has 0 bridgehead atoms. The van der Waals surface area contributed by atoms with Crippen LogP contribution in [0.25, 0.3) is 32.8 Å². The van der Waals surface area contributed by atoms with Crippen LogP contribution in [0.15, 0.2) is 78.9 Å². The van der Waals surface area contributed by atoms with Crippen molar-refractivity contribution in [3.8, 4) is 16.9 Å². The lowest BCUT2D eigenvalue weighted by molar-refractivity contribution is 0.412. The van der Waals surface area contributed by atoms with Gasteiger partial charge in [-0.05, 0) is 83.3 Å². The summed E-state index contributed by atoms with van der Waals surface area (Å²) in [5.41, 5.74) is 11.8. The quantitative estimate of drug-likeness (QED) is 0.254. The number of methoxy groups -OCH3 is 1. The van der Waals surface area contributed by atoms with Crippen LogP contribution in [0.4, 0.5) is 5.82 Å². The maximum atomic E-state index is 6.08. The molecule has 34 heavy (non-hydrogen) atoms. The van der Waals surface area contributed by atoms with Crippen LogP contribution in [-0.2, 0) is 0 Å². The maximum Gasteiger partial charge on any atom is 0.153 e. The molecule has 0 saturated carbocycles. The van der Waals surface area contributed by atoms with Crippen LogP contribution in [0, 0.1) is 0 Å². The minimum Gasteiger partial charge on any atom is -0.497 e. The van der Waals surface area contributed by atoms with E-state index in [4.69, 9.17) is 10.5 Å². The third-order valence-corrected chi connectivity index (χ3v) is 6.38. The van der Waals surface area contributed by atoms with Gasteiger partial charge in [-0.25, -0.2) is 0 Å². The van der Waals surface area contributed by atoms with Crippen molar-refractivity contribution in [2.45, 2.75) is 25.9 Å². The number of rotatable bonds is 6. The van der Waals surface area contributed by atoms with Crippen LogP contribution >= 0.6 is 12.4 Å². The van der Waals surface area contributed by atoms with Gasteiger partial charge in [0.25, 0.3) is 0 Å². The Balaban J connectivity index is 0.00000274. The Morgan fingerprint density at radius 2 is 1.65 bits per heavy atom. The minimum atomic E-state index is 0. The van der Waals surface area contributed by atoms with Crippen molar-refractivity contribution in [1.82, 2.24) is 15.5 Å². The number of anilines is 1. The van der Waals surface area contributed by atoms with E-state index in [9.17, 15) is 0 Å². The lowest BCUT2D eigenvalue weighted by Crippen LogP contribution is -2.22. The molecule has 4 aromatic carbocycles. The molecule has 5 nitrogen and oxygen atoms in total. The number of nitrogens with two attached hydrogens (primary N) is 1. The molecule has 6 heteroatoms. The standard InChI is InChI=1S/C28H28N4O.ClH/c1-17(19-8-6-9-23(14-19)33-3)30-18(2)22-13-20-7-4-5-10-24(20)25(16-22)21-11-12-27-26(15-21)28(29)32-31-27;/h4-18,30H,1-3H3,(H3,29,31,32);1H/t17-,18?;/m1./s1. The fraction of sp³-hybridized carbons (Fsp3) is 0.179. The summed E-state index contributed by atoms with van der Waals surface area (Å²) in [7, 11) is 1.70. The third-order valence-electron chi connectivity index (χ3n) is 6.38. The fourth-order valence-electron chi connectivity index (χ4n) is 4.50. The molecule has 0 amide bonds. The fourth-order valence-corrected chi connectivity index (χ4v) is 4.50. The average Bonchev–Trinajstić information content (AvgIpc) is 3.23. The number of ether oxygens (including phenoxy) is 1. The molecule has 2 atom stereocenters. The molecule has 0 radical (unpaired) electrons. The number of fused-ring (bicyclic) bond motifs is 2. The van der Waals surface area contributed by atoms with Crippen LogP contribution in [-0.4, -0.2) is 17.3 Å². The molecule has 5 aromatic rings. The SMILES string of the molecule is COc1cccc([C@@H](C)NC(C)c2cc(-c3ccc4[nH]nc(N)c4c3)c3ccccc3c2)c1.Cl. The first-order valence-electron chi connectivity index (χ1n) is 11.2. The molecule has 0 aliphatic rings. The number of nitrogens with zero attached hydrogens (tertiary/aromatic N) is 1. The van der Waals surface area contributed by atoms with Crippen molar-refractivity contribution >= 4 is 39.9 Å². The lowest BCUT2D eigenvalue weighted by atomic mass is 9.92. The molecule has 0 saturated heterocycles. The third kappa shape index (κ3) is 4.45. The van der Waals surface area contributed by atoms with Gasteiger partial charge in [0.1, 0.15) is 5.75 Å². The molecule has 1 heterocycles. The number of nitrogens with one attached hydrogen (secondary N) is 2. The first kappa shape index (κ1) is 23.6. The minimum absolute atomic E-state index is 0. The van der Waals surface area contributed by atoms with Crippen molar-refractivity contribution in [1.29, 1.82) is 0 Å². The smallest absolute Gasteiger partial charge is 0.153 e. The van der Waals surface area contributed by atoms with E-state index in [-0.39, 0.29) is 24.5 Å². The van der Waals surface area contributed by atoms with Gasteiger partial charge in [-0.3, -0.25) is 5.10 Å². The monoisotopic (exact) mass is 472 g/mol. The van der Waals surface area contributed by atoms with E-state index in [0.29, 0.717) is 5.82 Å². The molecule has 5 rings (SSSR count). The Bertz CT molecular complexity index is 1450. The highest BCUT2D eigenvalue weighted by Crippen LogP contribution is 2.35. The molecule has 1 unspecified atom stereocenters. The summed E-state index contributed by atoms with van der Waals surface area (Å²) in [6, 6.07) is 27.9. The molecular formula is C28H29ClN4O. The van der Waals surface area contributed by atoms with E-state index in [2.05, 4.69) is 90.0 Å². The summed E-state index contributed by atoms with van der Waals surface area (Å²) in [5, 5.41) is 14.3. The zero-order valence-corrected chi connectivity index (χ0v) is 20.3. The van der Waals surface area contributed by atoms with Crippen molar-refractivity contribution < 1.29 is 4.74 Å². The predicted molar refractivity (Wildman–Crippen MR) is 144 cm³/mol. The van der Waals surface area contributed by atoms with Gasteiger partial charge in [-0.1, -0.05) is 42.5 Å². The van der Waals surface area contributed by atoms with E-state index in [0.717, 1.165) is 22.2 Å². The number of nitrogen functional groups attached to an aromatic ring is 1. The highest BCUT2D eigenvalue weighted by molar-refractivity contribution is 6.00. The lowest BCUT2D eigenvalue weighted by Gasteiger charge is -2.22. The van der Waals surface area contributed by atoms with Gasteiger partial charge in [-0.15, -0.1) is 12.4 Å². The zero-order valence-electron chi connectivity index (χ0n) is 19.5. The summed E-state index contributed by atoms with van der Waals surface area (Å²) in [6.45, 7) is 4.39. The number of aromatic nitrogens is 2. The maximum absolute atomic E-state index is 6.08. The van der Waals surface area contributed by atoms with Crippen molar-refractivity contribution in [2.75, 3.05) is 12.8 Å². The van der Waals surface area contributed by atoms with Gasteiger partial charge in [0.15, 0.2) is 5.82 Å². The summed E-state index contributed by atoms with van der Waals surface area (Å²) in [4.78, 5) is 0. The summed E-state index contributed by atoms with van der Waals surface area (Å²) >= 11 is 0. The van der Waals surface area contributed by atoms with Gasteiger partial charge in [0.05, 0.1) is 12.6 Å². The molecule has 1 aromatic heterocycles. The Labute approximate surface area is 205 Å². The topological polar surface area (TPSA) is 76.0 Å². The molecular weight excluding hydrogens is 444 g/mol. The number of halogens is 1. The van der Waals surface area contributed by atoms with Crippen LogP contribution in [0.2, 0.25) is 0 Å². The van der Waals surface area contributed by atoms with Gasteiger partial charge in [0, 0.05) is 17.5 Å². The summed E-state index contributed by atoms with van der Waals surface area (Å²) in [5.74, 6) is 1.39. The van der Waals surface area contributed by atoms with Crippen LogP contribution in [0.3, 0.4) is 0 Å². The summed E-state index contributed by atoms with van der Waals surface area (Å²) in [6.07, 6.45) is 0. The van der Waals surface area contributed by atoms with Crippen LogP contribution in [0.5, 0.6) is 5.75 Å². The molecule has 0 spiro atoms. The van der Waals surface area contributed by atoms with Crippen LogP contribution in [0.1, 0.15) is 37.1 Å². The van der Waals surface area contributed by atoms with E-state index >= 15 is 0 Å². The average molecular weight is 473 g/mol. The molecule has 0 aliphatic heterocycles. The zero-order chi connectivity index (χ0) is 22.9. The normalized spacial score (nSPS) is 12.9. The molecule has 4 N–H and O–H groups in total. The van der Waals surface area contributed by atoms with E-state index in [1.165, 1.54) is 27.5 Å². The highest BCUT2D eigenvalue weighted by atomic mass is 35.5. The summed E-state index contributed by atoms with van der Waals surface area (Å²) < 4.78 is 5.40. The number of benzene rings is 4. The Morgan fingerprint density at radius 3 is 2.47 bits per heavy atom. The van der Waals surface area contributed by atoms with E-state index in [1.807, 2.05) is 18.2 Å². The number of hydrogen-bond acceptors (Lipinski definition) is 4. The second-order valence-corrected chi connectivity index (χ2v) is 8.55. The van der Waals surface area contributed by atoms with Crippen molar-refractivity contribution in [3.63, 3.8) is 0 Å². The highest BCUT2D eigenvalue weighted by Gasteiger charge is 2.15. The second kappa shape index (κ2) is 9.75. The van der Waals surface area contributed by atoms with Crippen molar-refractivity contribution in [3.05, 3.63) is 90.0 Å². The van der Waals surface area contributed by atoms with Gasteiger partial charge in [0.2, 0.25) is 0 Å². The van der Waals surface area contributed by atoms with Crippen molar-refractivity contribution in [2.24, 2.45) is 0 Å². The van der Waals surface area contributed by atoms with Gasteiger partial charge < -0.3 is 15.8 Å². The second-order valence-electron chi connectivity index (χ2n) is 8.55. The number of hydrogen-bond donors (Lipinski definition) is 3. The number of H-pyrrole nitrogens is 1. The van der Waals surface area contributed by atoms with Gasteiger partial charge >= 0.3 is 0 Å².